The monoisotopic (exact) mass is 752 g/mol. The van der Waals surface area contributed by atoms with Crippen LogP contribution in [0.2, 0.25) is 0 Å². The first-order valence-corrected chi connectivity index (χ1v) is 20.2. The van der Waals surface area contributed by atoms with Crippen LogP contribution in [-0.4, -0.2) is 19.9 Å². The second kappa shape index (κ2) is 14.2. The molecule has 3 aromatic heterocycles. The molecular weight excluding hydrogens is 713 g/mol. The van der Waals surface area contributed by atoms with Gasteiger partial charge < -0.3 is 4.42 Å². The second-order valence-electron chi connectivity index (χ2n) is 16.5. The normalized spacial score (nSPS) is 18.7. The average Bonchev–Trinajstić information content (AvgIpc) is 3.83. The fourth-order valence-electron chi connectivity index (χ4n) is 9.67. The molecule has 10 rings (SSSR count). The summed E-state index contributed by atoms with van der Waals surface area (Å²) in [6.45, 7) is 4.84. The Morgan fingerprint density at radius 3 is 1.59 bits per heavy atom. The first-order chi connectivity index (χ1) is 28.3. The summed E-state index contributed by atoms with van der Waals surface area (Å²) in [6, 6.07) is 45.5. The highest BCUT2D eigenvalue weighted by Crippen LogP contribution is 2.55. The molecule has 0 saturated heterocycles. The Labute approximate surface area is 337 Å². The lowest BCUT2D eigenvalue weighted by Crippen LogP contribution is -2.38. The lowest BCUT2D eigenvalue weighted by Gasteiger charge is -2.45. The number of benzene rings is 5. The van der Waals surface area contributed by atoms with Crippen LogP contribution in [0.1, 0.15) is 62.6 Å². The van der Waals surface area contributed by atoms with Gasteiger partial charge in [-0.05, 0) is 94.5 Å². The molecule has 8 aromatic rings. The van der Waals surface area contributed by atoms with Crippen molar-refractivity contribution in [2.45, 2.75) is 51.4 Å². The minimum Gasteiger partial charge on any atom is -0.454 e. The Bertz CT molecular complexity index is 2900. The largest absolute Gasteiger partial charge is 0.454 e. The molecule has 5 aromatic carbocycles. The quantitative estimate of drug-likeness (QED) is 0.159. The maximum atomic E-state index is 9.40. The number of nitrogens with zero attached hydrogens (tertiary/aromatic N) is 6. The molecule has 3 atom stereocenters. The van der Waals surface area contributed by atoms with Crippen LogP contribution >= 0.6 is 0 Å². The van der Waals surface area contributed by atoms with Gasteiger partial charge in [0, 0.05) is 34.3 Å². The van der Waals surface area contributed by atoms with E-state index >= 15 is 0 Å². The SMILES string of the molecule is CC(C)C1(c2ccc(-c3ccc(-c4nc(-c5ccc(-c6ccc(C#N)cc6)cc5)nc(-c5ccc6c(c5)oc5cc(C#N)cnc56)n4)cc3)cc2)C[C@@H]2CC[C@@H](C2)C1. The molecule has 7 nitrogen and oxygen atoms in total. The highest BCUT2D eigenvalue weighted by Gasteiger charge is 2.46. The smallest absolute Gasteiger partial charge is 0.164 e. The molecule has 2 saturated carbocycles. The summed E-state index contributed by atoms with van der Waals surface area (Å²) in [5.74, 6) is 4.00. The summed E-state index contributed by atoms with van der Waals surface area (Å²) in [5, 5.41) is 19.5. The van der Waals surface area contributed by atoms with Crippen molar-refractivity contribution in [2.24, 2.45) is 17.8 Å². The van der Waals surface area contributed by atoms with Gasteiger partial charge in [-0.1, -0.05) is 118 Å². The predicted molar refractivity (Wildman–Crippen MR) is 228 cm³/mol. The van der Waals surface area contributed by atoms with Gasteiger partial charge in [-0.3, -0.25) is 4.98 Å². The van der Waals surface area contributed by atoms with Crippen LogP contribution in [-0.2, 0) is 5.41 Å². The topological polar surface area (TPSA) is 112 Å². The van der Waals surface area contributed by atoms with Gasteiger partial charge in [0.1, 0.15) is 17.2 Å². The number of rotatable bonds is 7. The van der Waals surface area contributed by atoms with Crippen molar-refractivity contribution in [1.82, 2.24) is 19.9 Å². The zero-order valence-electron chi connectivity index (χ0n) is 32.5. The summed E-state index contributed by atoms with van der Waals surface area (Å²) in [5.41, 5.74) is 11.6. The van der Waals surface area contributed by atoms with E-state index in [4.69, 9.17) is 19.4 Å². The molecule has 0 spiro atoms. The van der Waals surface area contributed by atoms with Crippen molar-refractivity contribution in [3.05, 3.63) is 144 Å². The second-order valence-corrected chi connectivity index (χ2v) is 16.5. The van der Waals surface area contributed by atoms with Gasteiger partial charge in [-0.2, -0.15) is 10.5 Å². The van der Waals surface area contributed by atoms with Crippen LogP contribution in [0, 0.1) is 40.4 Å². The Morgan fingerprint density at radius 2 is 1.05 bits per heavy atom. The molecule has 280 valence electrons. The van der Waals surface area contributed by atoms with Crippen LogP contribution in [0.4, 0.5) is 0 Å². The van der Waals surface area contributed by atoms with Gasteiger partial charge in [-0.25, -0.2) is 15.0 Å². The fraction of sp³-hybridized carbons (Fsp3) is 0.216. The van der Waals surface area contributed by atoms with Crippen molar-refractivity contribution < 1.29 is 4.42 Å². The van der Waals surface area contributed by atoms with Crippen molar-refractivity contribution in [2.75, 3.05) is 0 Å². The van der Waals surface area contributed by atoms with Gasteiger partial charge >= 0.3 is 0 Å². The molecular formula is C51H40N6O. The summed E-state index contributed by atoms with van der Waals surface area (Å²) in [6.07, 6.45) is 8.43. The molecule has 0 N–H and O–H groups in total. The van der Waals surface area contributed by atoms with Gasteiger partial charge in [0.2, 0.25) is 0 Å². The number of furan rings is 1. The molecule has 0 aliphatic heterocycles. The Balaban J connectivity index is 1.00. The number of hydrogen-bond donors (Lipinski definition) is 0. The molecule has 0 amide bonds. The van der Waals surface area contributed by atoms with E-state index in [0.717, 1.165) is 50.6 Å². The molecule has 2 bridgehead atoms. The van der Waals surface area contributed by atoms with Crippen molar-refractivity contribution in [1.29, 1.82) is 10.5 Å². The zero-order chi connectivity index (χ0) is 39.4. The van der Waals surface area contributed by atoms with Crippen molar-refractivity contribution in [3.8, 4) is 68.6 Å². The molecule has 3 heterocycles. The Kier molecular flexibility index (Phi) is 8.68. The summed E-state index contributed by atoms with van der Waals surface area (Å²) in [4.78, 5) is 19.5. The fourth-order valence-corrected chi connectivity index (χ4v) is 9.67. The third-order valence-electron chi connectivity index (χ3n) is 12.8. The van der Waals surface area contributed by atoms with E-state index in [1.54, 1.807) is 12.3 Å². The minimum absolute atomic E-state index is 0.275. The molecule has 2 aliphatic carbocycles. The number of nitriles is 2. The Morgan fingerprint density at radius 1 is 0.569 bits per heavy atom. The van der Waals surface area contributed by atoms with Crippen LogP contribution in [0.5, 0.6) is 0 Å². The van der Waals surface area contributed by atoms with E-state index in [1.807, 2.05) is 66.7 Å². The lowest BCUT2D eigenvalue weighted by molar-refractivity contribution is 0.158. The van der Waals surface area contributed by atoms with Gasteiger partial charge in [0.15, 0.2) is 23.1 Å². The average molecular weight is 753 g/mol. The molecule has 1 unspecified atom stereocenters. The minimum atomic E-state index is 0.275. The first kappa shape index (κ1) is 35.5. The third kappa shape index (κ3) is 6.30. The van der Waals surface area contributed by atoms with Crippen molar-refractivity contribution >= 4 is 22.1 Å². The highest BCUT2D eigenvalue weighted by atomic mass is 16.3. The molecule has 2 fully saturated rings. The molecule has 0 radical (unpaired) electrons. The number of hydrogen-bond acceptors (Lipinski definition) is 7. The van der Waals surface area contributed by atoms with E-state index < -0.39 is 0 Å². The standard InChI is InChI=1S/C51H40N6O/c1-31(2)51(26-33-3-4-34(23-33)27-51)43-20-17-39(18-21-43)38-11-15-41(16-12-38)49-55-48(40-13-9-37(10-14-40)36-7-5-32(28-52)6-8-36)56-50(57-49)42-19-22-44-45(25-42)58-46-24-35(29-53)30-54-47(44)46/h5-22,24-25,30-31,33-34H,3-4,23,26-27H2,1-2H3/t33-,34+,51?. The van der Waals surface area contributed by atoms with E-state index in [-0.39, 0.29) is 5.41 Å². The summed E-state index contributed by atoms with van der Waals surface area (Å²) in [7, 11) is 0. The predicted octanol–water partition coefficient (Wildman–Crippen LogP) is 12.3. The third-order valence-corrected chi connectivity index (χ3v) is 12.8. The van der Waals surface area contributed by atoms with E-state index in [9.17, 15) is 10.5 Å². The molecule has 58 heavy (non-hydrogen) atoms. The maximum Gasteiger partial charge on any atom is 0.164 e. The van der Waals surface area contributed by atoms with Gasteiger partial charge in [0.05, 0.1) is 17.2 Å². The zero-order valence-corrected chi connectivity index (χ0v) is 32.5. The van der Waals surface area contributed by atoms with E-state index in [1.165, 1.54) is 43.2 Å². The van der Waals surface area contributed by atoms with Gasteiger partial charge in [-0.15, -0.1) is 0 Å². The van der Waals surface area contributed by atoms with Gasteiger partial charge in [0.25, 0.3) is 0 Å². The van der Waals surface area contributed by atoms with Crippen LogP contribution in [0.15, 0.2) is 132 Å². The molecule has 7 heteroatoms. The van der Waals surface area contributed by atoms with Crippen LogP contribution < -0.4 is 0 Å². The number of pyridine rings is 1. The van der Waals surface area contributed by atoms with E-state index in [2.05, 4.69) is 79.5 Å². The Hall–Kier alpha value is -6.96. The van der Waals surface area contributed by atoms with Crippen LogP contribution in [0.3, 0.4) is 0 Å². The summed E-state index contributed by atoms with van der Waals surface area (Å²) < 4.78 is 6.18. The maximum absolute atomic E-state index is 9.40. The highest BCUT2D eigenvalue weighted by molar-refractivity contribution is 6.03. The van der Waals surface area contributed by atoms with Crippen molar-refractivity contribution in [3.63, 3.8) is 0 Å². The van der Waals surface area contributed by atoms with Crippen LogP contribution in [0.25, 0.3) is 78.5 Å². The first-order valence-electron chi connectivity index (χ1n) is 20.2. The molecule has 2 aliphatic rings. The summed E-state index contributed by atoms with van der Waals surface area (Å²) >= 11 is 0. The lowest BCUT2D eigenvalue weighted by atomic mass is 9.60. The number of fused-ring (bicyclic) bond motifs is 5. The van der Waals surface area contributed by atoms with E-state index in [0.29, 0.717) is 51.2 Å². The number of aromatic nitrogens is 4.